The number of hydrogen-bond acceptors (Lipinski definition) is 1. The van der Waals surface area contributed by atoms with E-state index in [2.05, 4.69) is 0 Å². The highest BCUT2D eigenvalue weighted by Crippen LogP contribution is 2.36. The third-order valence-corrected chi connectivity index (χ3v) is 2.71. The van der Waals surface area contributed by atoms with Crippen molar-refractivity contribution in [2.45, 2.75) is 32.6 Å². The van der Waals surface area contributed by atoms with Gasteiger partial charge in [0.15, 0.2) is 0 Å². The van der Waals surface area contributed by atoms with Crippen LogP contribution in [0, 0.1) is 11.8 Å². The van der Waals surface area contributed by atoms with E-state index < -0.39 is 11.8 Å². The molecule has 1 nitrogen and oxygen atoms in total. The molecule has 1 aliphatic heterocycles. The molecule has 13 heavy (non-hydrogen) atoms. The zero-order valence-electron chi connectivity index (χ0n) is 8.69. The Labute approximate surface area is 79.1 Å². The molecule has 0 unspecified atom stereocenters. The van der Waals surface area contributed by atoms with Gasteiger partial charge in [-0.1, -0.05) is 13.8 Å². The van der Waals surface area contributed by atoms with Gasteiger partial charge < -0.3 is 4.90 Å². The first-order valence-corrected chi connectivity index (χ1v) is 4.98. The van der Waals surface area contributed by atoms with Gasteiger partial charge >= 0.3 is 0 Å². The summed E-state index contributed by atoms with van der Waals surface area (Å²) >= 11 is 0. The zero-order chi connectivity index (χ0) is 10.1. The van der Waals surface area contributed by atoms with E-state index in [1.807, 2.05) is 25.8 Å². The average Bonchev–Trinajstić information content (AvgIpc) is 1.97. The molecule has 3 heteroatoms. The Morgan fingerprint density at radius 1 is 1.46 bits per heavy atom. The fraction of sp³-hybridized carbons (Fsp3) is 1.00. The van der Waals surface area contributed by atoms with E-state index in [1.165, 1.54) is 0 Å². The minimum absolute atomic E-state index is 0.0287. The molecule has 0 spiro atoms. The van der Waals surface area contributed by atoms with Gasteiger partial charge in [0.2, 0.25) is 0 Å². The van der Waals surface area contributed by atoms with Crippen molar-refractivity contribution >= 4 is 0 Å². The molecule has 1 heterocycles. The monoisotopic (exact) mass is 191 g/mol. The van der Waals surface area contributed by atoms with Crippen molar-refractivity contribution in [3.8, 4) is 0 Å². The Morgan fingerprint density at radius 3 is 2.62 bits per heavy atom. The molecule has 1 fully saturated rings. The van der Waals surface area contributed by atoms with E-state index in [0.717, 1.165) is 0 Å². The largest absolute Gasteiger partial charge is 0.306 e. The lowest BCUT2D eigenvalue weighted by Crippen LogP contribution is -2.45. The summed E-state index contributed by atoms with van der Waals surface area (Å²) in [5, 5.41) is 0. The lowest BCUT2D eigenvalue weighted by molar-refractivity contribution is -0.107. The number of nitrogens with zero attached hydrogens (tertiary/aromatic N) is 1. The van der Waals surface area contributed by atoms with Gasteiger partial charge in [-0.3, -0.25) is 0 Å². The van der Waals surface area contributed by atoms with E-state index >= 15 is 0 Å². The first-order valence-electron chi connectivity index (χ1n) is 4.98. The van der Waals surface area contributed by atoms with Gasteiger partial charge in [-0.05, 0) is 19.4 Å². The van der Waals surface area contributed by atoms with Gasteiger partial charge in [-0.15, -0.1) is 0 Å². The minimum atomic E-state index is -2.43. The summed E-state index contributed by atoms with van der Waals surface area (Å²) < 4.78 is 26.8. The van der Waals surface area contributed by atoms with Crippen LogP contribution in [-0.2, 0) is 0 Å². The topological polar surface area (TPSA) is 3.24 Å². The van der Waals surface area contributed by atoms with Crippen LogP contribution in [0.25, 0.3) is 0 Å². The molecule has 0 aliphatic carbocycles. The Kier molecular flexibility index (Phi) is 3.28. The summed E-state index contributed by atoms with van der Waals surface area (Å²) in [6.07, 6.45) is 0.665. The summed E-state index contributed by atoms with van der Waals surface area (Å²) in [7, 11) is 1.92. The maximum absolute atomic E-state index is 13.4. The molecular weight excluding hydrogens is 172 g/mol. The summed E-state index contributed by atoms with van der Waals surface area (Å²) in [6, 6.07) is 0. The highest BCUT2D eigenvalue weighted by Gasteiger charge is 2.42. The molecule has 78 valence electrons. The van der Waals surface area contributed by atoms with Gasteiger partial charge in [-0.2, -0.15) is 0 Å². The molecule has 0 bridgehead atoms. The summed E-state index contributed by atoms with van der Waals surface area (Å²) in [6.45, 7) is 5.09. The fourth-order valence-electron chi connectivity index (χ4n) is 1.96. The Balaban J connectivity index is 2.56. The highest BCUT2D eigenvalue weighted by atomic mass is 19.3. The van der Waals surface area contributed by atoms with Crippen molar-refractivity contribution in [3.63, 3.8) is 0 Å². The van der Waals surface area contributed by atoms with Crippen molar-refractivity contribution in [1.29, 1.82) is 0 Å². The van der Waals surface area contributed by atoms with Gasteiger partial charge in [0.1, 0.15) is 0 Å². The number of piperidine rings is 1. The van der Waals surface area contributed by atoms with Crippen LogP contribution in [0.15, 0.2) is 0 Å². The van der Waals surface area contributed by atoms with E-state index in [1.54, 1.807) is 0 Å². The molecule has 1 saturated heterocycles. The third-order valence-electron chi connectivity index (χ3n) is 2.71. The highest BCUT2D eigenvalue weighted by molar-refractivity contribution is 4.85. The number of halogens is 2. The van der Waals surface area contributed by atoms with Gasteiger partial charge in [0.05, 0.1) is 0 Å². The van der Waals surface area contributed by atoms with Crippen LogP contribution >= 0.6 is 0 Å². The molecule has 1 aliphatic rings. The molecule has 0 aromatic carbocycles. The lowest BCUT2D eigenvalue weighted by Gasteiger charge is -2.37. The number of rotatable bonds is 2. The number of alkyl halides is 2. The molecule has 0 saturated carbocycles. The van der Waals surface area contributed by atoms with Crippen LogP contribution in [0.1, 0.15) is 26.7 Å². The first kappa shape index (κ1) is 10.9. The summed E-state index contributed by atoms with van der Waals surface area (Å²) in [5.74, 6) is -2.51. The van der Waals surface area contributed by atoms with Crippen molar-refractivity contribution in [2.24, 2.45) is 11.8 Å². The first-order chi connectivity index (χ1) is 5.92. The normalized spacial score (nSPS) is 29.5. The molecular formula is C10H19F2N. The van der Waals surface area contributed by atoms with Gasteiger partial charge in [-0.25, -0.2) is 8.78 Å². The van der Waals surface area contributed by atoms with Gasteiger partial charge in [0.25, 0.3) is 5.92 Å². The maximum atomic E-state index is 13.4. The van der Waals surface area contributed by atoms with Crippen molar-refractivity contribution in [1.82, 2.24) is 4.90 Å². The second-order valence-corrected chi connectivity index (χ2v) is 4.60. The van der Waals surface area contributed by atoms with E-state index in [4.69, 9.17) is 0 Å². The van der Waals surface area contributed by atoms with Crippen molar-refractivity contribution in [3.05, 3.63) is 0 Å². The van der Waals surface area contributed by atoms with Crippen LogP contribution in [0.4, 0.5) is 8.78 Å². The van der Waals surface area contributed by atoms with Crippen LogP contribution in [-0.4, -0.2) is 31.0 Å². The smallest absolute Gasteiger partial charge is 0.253 e. The second kappa shape index (κ2) is 3.91. The number of hydrogen-bond donors (Lipinski definition) is 0. The van der Waals surface area contributed by atoms with Crippen LogP contribution in [0.5, 0.6) is 0 Å². The lowest BCUT2D eigenvalue weighted by atomic mass is 9.86. The molecule has 0 aromatic heterocycles. The molecule has 0 amide bonds. The van der Waals surface area contributed by atoms with Crippen LogP contribution in [0.3, 0.4) is 0 Å². The quantitative estimate of drug-likeness (QED) is 0.648. The summed E-state index contributed by atoms with van der Waals surface area (Å²) in [4.78, 5) is 2.00. The van der Waals surface area contributed by atoms with Crippen molar-refractivity contribution < 1.29 is 8.78 Å². The van der Waals surface area contributed by atoms with E-state index in [0.29, 0.717) is 25.4 Å². The van der Waals surface area contributed by atoms with Crippen LogP contribution < -0.4 is 0 Å². The summed E-state index contributed by atoms with van der Waals surface area (Å²) in [5.41, 5.74) is 0. The second-order valence-electron chi connectivity index (χ2n) is 4.60. The molecule has 0 radical (unpaired) electrons. The van der Waals surface area contributed by atoms with Gasteiger partial charge in [0, 0.05) is 25.4 Å². The maximum Gasteiger partial charge on any atom is 0.253 e. The third kappa shape index (κ3) is 2.90. The fourth-order valence-corrected chi connectivity index (χ4v) is 1.96. The number of likely N-dealkylation sites (tertiary alicyclic amines) is 1. The standard InChI is InChI=1S/C10H19F2N/c1-8(2)6-9-7-13(3)5-4-10(9,11)12/h8-9H,4-7H2,1-3H3/t9-/m1/s1. The molecule has 1 rings (SSSR count). The Bertz CT molecular complexity index is 166. The Morgan fingerprint density at radius 2 is 2.08 bits per heavy atom. The van der Waals surface area contributed by atoms with Crippen LogP contribution in [0.2, 0.25) is 0 Å². The predicted molar refractivity (Wildman–Crippen MR) is 50.0 cm³/mol. The SMILES string of the molecule is CC(C)C[C@@H]1CN(C)CCC1(F)F. The average molecular weight is 191 g/mol. The predicted octanol–water partition coefficient (Wildman–Crippen LogP) is 2.62. The Hall–Kier alpha value is -0.180. The molecule has 0 aromatic rings. The minimum Gasteiger partial charge on any atom is -0.306 e. The van der Waals surface area contributed by atoms with Crippen molar-refractivity contribution in [2.75, 3.05) is 20.1 Å². The molecule has 0 N–H and O–H groups in total. The zero-order valence-corrected chi connectivity index (χ0v) is 8.69. The van der Waals surface area contributed by atoms with E-state index in [9.17, 15) is 8.78 Å². The molecule has 1 atom stereocenters. The van der Waals surface area contributed by atoms with E-state index in [-0.39, 0.29) is 6.42 Å².